The summed E-state index contributed by atoms with van der Waals surface area (Å²) in [7, 11) is 0. The van der Waals surface area contributed by atoms with Crippen LogP contribution in [0, 0.1) is 11.3 Å². The zero-order valence-electron chi connectivity index (χ0n) is 14.2. The molecule has 0 amide bonds. The van der Waals surface area contributed by atoms with Crippen molar-refractivity contribution in [1.82, 2.24) is 4.98 Å². The van der Waals surface area contributed by atoms with E-state index in [0.29, 0.717) is 5.56 Å². The minimum absolute atomic E-state index is 0.0276. The van der Waals surface area contributed by atoms with Crippen LogP contribution in [0.15, 0.2) is 66.7 Å². The van der Waals surface area contributed by atoms with Crippen molar-refractivity contribution in [1.29, 1.82) is 5.26 Å². The fraction of sp³-hybridized carbons (Fsp3) is 0.182. The molecule has 2 aromatic carbocycles. The molecule has 118 valence electrons. The lowest BCUT2D eigenvalue weighted by atomic mass is 9.85. The van der Waals surface area contributed by atoms with Crippen LogP contribution in [0.2, 0.25) is 0 Å². The van der Waals surface area contributed by atoms with E-state index < -0.39 is 0 Å². The SMILES string of the molecule is CC(C)(C)c1ccc(C#N)c(-c2cccc(-c3ccccc3)n2)c1. The second kappa shape index (κ2) is 6.29. The van der Waals surface area contributed by atoms with Crippen molar-refractivity contribution in [2.45, 2.75) is 26.2 Å². The third kappa shape index (κ3) is 3.21. The van der Waals surface area contributed by atoms with Crippen molar-refractivity contribution in [3.8, 4) is 28.6 Å². The fourth-order valence-electron chi connectivity index (χ4n) is 2.67. The highest BCUT2D eigenvalue weighted by atomic mass is 14.7. The minimum Gasteiger partial charge on any atom is -0.248 e. The highest BCUT2D eigenvalue weighted by molar-refractivity contribution is 5.71. The third-order valence-electron chi connectivity index (χ3n) is 4.10. The van der Waals surface area contributed by atoms with Crippen LogP contribution in [-0.4, -0.2) is 4.98 Å². The normalized spacial score (nSPS) is 11.1. The molecule has 0 N–H and O–H groups in total. The first-order valence-electron chi connectivity index (χ1n) is 8.06. The molecule has 0 saturated heterocycles. The predicted molar refractivity (Wildman–Crippen MR) is 98.5 cm³/mol. The first kappa shape index (κ1) is 16.0. The molecule has 2 nitrogen and oxygen atoms in total. The molecule has 1 aromatic heterocycles. The lowest BCUT2D eigenvalue weighted by Gasteiger charge is -2.20. The van der Waals surface area contributed by atoms with Crippen molar-refractivity contribution >= 4 is 0 Å². The van der Waals surface area contributed by atoms with Gasteiger partial charge in [-0.25, -0.2) is 4.98 Å². The summed E-state index contributed by atoms with van der Waals surface area (Å²) in [6.07, 6.45) is 0. The predicted octanol–water partition coefficient (Wildman–Crippen LogP) is 5.58. The van der Waals surface area contributed by atoms with Crippen LogP contribution >= 0.6 is 0 Å². The van der Waals surface area contributed by atoms with Crippen molar-refractivity contribution in [3.05, 3.63) is 77.9 Å². The fourth-order valence-corrected chi connectivity index (χ4v) is 2.67. The molecule has 0 unspecified atom stereocenters. The van der Waals surface area contributed by atoms with Crippen LogP contribution in [0.4, 0.5) is 0 Å². The minimum atomic E-state index is 0.0276. The molecule has 0 aliphatic carbocycles. The summed E-state index contributed by atoms with van der Waals surface area (Å²) in [5, 5.41) is 9.48. The topological polar surface area (TPSA) is 36.7 Å². The van der Waals surface area contributed by atoms with E-state index in [1.54, 1.807) is 0 Å². The van der Waals surface area contributed by atoms with Crippen LogP contribution in [-0.2, 0) is 5.41 Å². The van der Waals surface area contributed by atoms with E-state index in [9.17, 15) is 5.26 Å². The first-order chi connectivity index (χ1) is 11.5. The number of hydrogen-bond donors (Lipinski definition) is 0. The standard InChI is InChI=1S/C22H20N2/c1-22(2,3)18-13-12-17(15-23)19(14-18)21-11-7-10-20(24-21)16-8-5-4-6-9-16/h4-14H,1-3H3. The summed E-state index contributed by atoms with van der Waals surface area (Å²) in [4.78, 5) is 4.79. The summed E-state index contributed by atoms with van der Waals surface area (Å²) in [6.45, 7) is 6.52. The quantitative estimate of drug-likeness (QED) is 0.619. The number of aromatic nitrogens is 1. The molecular weight excluding hydrogens is 292 g/mol. The maximum absolute atomic E-state index is 9.48. The van der Waals surface area contributed by atoms with Crippen LogP contribution < -0.4 is 0 Å². The molecule has 0 atom stereocenters. The monoisotopic (exact) mass is 312 g/mol. The van der Waals surface area contributed by atoms with Gasteiger partial charge in [0.25, 0.3) is 0 Å². The molecule has 0 radical (unpaired) electrons. The lowest BCUT2D eigenvalue weighted by Crippen LogP contribution is -2.11. The number of nitrogens with zero attached hydrogens (tertiary/aromatic N) is 2. The summed E-state index contributed by atoms with van der Waals surface area (Å²) in [5.41, 5.74) is 5.59. The number of benzene rings is 2. The van der Waals surface area contributed by atoms with E-state index >= 15 is 0 Å². The Morgan fingerprint density at radius 3 is 2.21 bits per heavy atom. The van der Waals surface area contributed by atoms with E-state index in [1.165, 1.54) is 5.56 Å². The molecular formula is C22H20N2. The van der Waals surface area contributed by atoms with Crippen LogP contribution in [0.1, 0.15) is 31.9 Å². The largest absolute Gasteiger partial charge is 0.248 e. The Bertz CT molecular complexity index is 897. The van der Waals surface area contributed by atoms with Gasteiger partial charge >= 0.3 is 0 Å². The lowest BCUT2D eigenvalue weighted by molar-refractivity contribution is 0.590. The molecule has 3 rings (SSSR count). The Morgan fingerprint density at radius 1 is 0.833 bits per heavy atom. The van der Waals surface area contributed by atoms with E-state index in [-0.39, 0.29) is 5.41 Å². The van der Waals surface area contributed by atoms with E-state index in [4.69, 9.17) is 4.98 Å². The third-order valence-corrected chi connectivity index (χ3v) is 4.10. The number of rotatable bonds is 2. The first-order valence-corrected chi connectivity index (χ1v) is 8.06. The molecule has 2 heteroatoms. The van der Waals surface area contributed by atoms with Gasteiger partial charge in [0.2, 0.25) is 0 Å². The van der Waals surface area contributed by atoms with Gasteiger partial charge in [-0.1, -0.05) is 63.2 Å². The molecule has 0 saturated carbocycles. The summed E-state index contributed by atoms with van der Waals surface area (Å²) < 4.78 is 0. The maximum Gasteiger partial charge on any atom is 0.0998 e. The molecule has 0 aliphatic heterocycles. The Labute approximate surface area is 143 Å². The van der Waals surface area contributed by atoms with Crippen molar-refractivity contribution in [2.75, 3.05) is 0 Å². The Balaban J connectivity index is 2.14. The molecule has 24 heavy (non-hydrogen) atoms. The summed E-state index contributed by atoms with van der Waals surface area (Å²) in [6, 6.07) is 24.4. The van der Waals surface area contributed by atoms with Crippen molar-refractivity contribution in [2.24, 2.45) is 0 Å². The molecule has 0 spiro atoms. The number of pyridine rings is 1. The second-order valence-electron chi connectivity index (χ2n) is 6.90. The summed E-state index contributed by atoms with van der Waals surface area (Å²) >= 11 is 0. The zero-order chi connectivity index (χ0) is 17.2. The van der Waals surface area contributed by atoms with Gasteiger partial charge in [0.05, 0.1) is 23.0 Å². The van der Waals surface area contributed by atoms with Crippen LogP contribution in [0.3, 0.4) is 0 Å². The van der Waals surface area contributed by atoms with Gasteiger partial charge < -0.3 is 0 Å². The average Bonchev–Trinajstić information content (AvgIpc) is 2.61. The molecule has 0 aliphatic rings. The molecule has 1 heterocycles. The zero-order valence-corrected chi connectivity index (χ0v) is 14.2. The van der Waals surface area contributed by atoms with E-state index in [0.717, 1.165) is 22.5 Å². The van der Waals surface area contributed by atoms with Gasteiger partial charge in [0, 0.05) is 11.1 Å². The Hall–Kier alpha value is -2.92. The van der Waals surface area contributed by atoms with Crippen LogP contribution in [0.5, 0.6) is 0 Å². The van der Waals surface area contributed by atoms with Gasteiger partial charge in [-0.2, -0.15) is 5.26 Å². The van der Waals surface area contributed by atoms with Gasteiger partial charge in [0.1, 0.15) is 0 Å². The molecule has 3 aromatic rings. The maximum atomic E-state index is 9.48. The Kier molecular flexibility index (Phi) is 4.18. The van der Waals surface area contributed by atoms with Gasteiger partial charge in [0.15, 0.2) is 0 Å². The molecule has 0 bridgehead atoms. The second-order valence-corrected chi connectivity index (χ2v) is 6.90. The van der Waals surface area contributed by atoms with Gasteiger partial charge in [-0.15, -0.1) is 0 Å². The van der Waals surface area contributed by atoms with E-state index in [1.807, 2.05) is 60.7 Å². The highest BCUT2D eigenvalue weighted by Crippen LogP contribution is 2.30. The highest BCUT2D eigenvalue weighted by Gasteiger charge is 2.17. The van der Waals surface area contributed by atoms with Crippen molar-refractivity contribution < 1.29 is 0 Å². The average molecular weight is 312 g/mol. The van der Waals surface area contributed by atoms with Gasteiger partial charge in [-0.05, 0) is 35.2 Å². The number of nitriles is 1. The van der Waals surface area contributed by atoms with E-state index in [2.05, 4.69) is 32.9 Å². The smallest absolute Gasteiger partial charge is 0.0998 e. The van der Waals surface area contributed by atoms with Crippen molar-refractivity contribution in [3.63, 3.8) is 0 Å². The van der Waals surface area contributed by atoms with Gasteiger partial charge in [-0.3, -0.25) is 0 Å². The van der Waals surface area contributed by atoms with Crippen LogP contribution in [0.25, 0.3) is 22.5 Å². The summed E-state index contributed by atoms with van der Waals surface area (Å²) in [5.74, 6) is 0. The number of hydrogen-bond acceptors (Lipinski definition) is 2. The Morgan fingerprint density at radius 2 is 1.54 bits per heavy atom. The molecule has 0 fully saturated rings.